The molecule has 0 fully saturated rings. The first-order chi connectivity index (χ1) is 15.9. The Morgan fingerprint density at radius 2 is 1.30 bits per heavy atom. The van der Waals surface area contributed by atoms with Crippen molar-refractivity contribution < 1.29 is 4.57 Å². The molecule has 0 amide bonds. The van der Waals surface area contributed by atoms with Crippen molar-refractivity contribution in [1.29, 1.82) is 0 Å². The zero-order chi connectivity index (χ0) is 23.3. The lowest BCUT2D eigenvalue weighted by atomic mass is 9.87. The maximum atomic E-state index is 2.42. The van der Waals surface area contributed by atoms with Crippen LogP contribution in [0.15, 0.2) is 78.9 Å². The number of hydrogen-bond acceptors (Lipinski definition) is 1. The predicted octanol–water partition coefficient (Wildman–Crippen LogP) is 7.24. The third kappa shape index (κ3) is 3.47. The van der Waals surface area contributed by atoms with Gasteiger partial charge in [0.05, 0.1) is 10.8 Å². The number of fused-ring (bicyclic) bond motifs is 2. The van der Waals surface area contributed by atoms with Crippen LogP contribution in [0.5, 0.6) is 0 Å². The van der Waals surface area contributed by atoms with Crippen LogP contribution in [0.2, 0.25) is 0 Å². The lowest BCUT2D eigenvalue weighted by molar-refractivity contribution is -0.537. The van der Waals surface area contributed by atoms with E-state index in [2.05, 4.69) is 130 Å². The summed E-state index contributed by atoms with van der Waals surface area (Å²) in [6, 6.07) is 28.9. The number of hydrogen-bond donors (Lipinski definition) is 0. The highest BCUT2D eigenvalue weighted by Gasteiger charge is 2.26. The van der Waals surface area contributed by atoms with E-state index in [1.165, 1.54) is 66.6 Å². The van der Waals surface area contributed by atoms with Crippen molar-refractivity contribution in [2.75, 3.05) is 19.0 Å². The Bertz CT molecular complexity index is 1490. The summed E-state index contributed by atoms with van der Waals surface area (Å²) in [7, 11) is 4.22. The van der Waals surface area contributed by atoms with Crippen molar-refractivity contribution in [3.05, 3.63) is 101 Å². The van der Waals surface area contributed by atoms with Crippen molar-refractivity contribution >= 4 is 27.5 Å². The van der Waals surface area contributed by atoms with E-state index in [0.29, 0.717) is 0 Å². The monoisotopic (exact) mass is 431 g/mol. The molecule has 0 atom stereocenters. The van der Waals surface area contributed by atoms with Gasteiger partial charge < -0.3 is 4.90 Å². The summed E-state index contributed by atoms with van der Waals surface area (Å²) in [5.74, 6) is 0. The van der Waals surface area contributed by atoms with Gasteiger partial charge in [-0.1, -0.05) is 48.0 Å². The quantitative estimate of drug-likeness (QED) is 0.216. The number of aromatic nitrogens is 1. The molecule has 0 aliphatic heterocycles. The molecule has 164 valence electrons. The van der Waals surface area contributed by atoms with Gasteiger partial charge >= 0.3 is 0 Å². The first-order valence-corrected chi connectivity index (χ1v) is 11.6. The maximum absolute atomic E-state index is 2.42. The molecule has 0 unspecified atom stereocenters. The van der Waals surface area contributed by atoms with Gasteiger partial charge in [0.25, 0.3) is 0 Å². The molecule has 0 spiro atoms. The highest BCUT2D eigenvalue weighted by molar-refractivity contribution is 6.10. The average molecular weight is 432 g/mol. The second kappa shape index (κ2) is 8.04. The van der Waals surface area contributed by atoms with Crippen LogP contribution in [0.25, 0.3) is 38.6 Å². The van der Waals surface area contributed by atoms with Gasteiger partial charge in [-0.05, 0) is 62.1 Å². The highest BCUT2D eigenvalue weighted by Crippen LogP contribution is 2.41. The number of benzene rings is 4. The van der Waals surface area contributed by atoms with Gasteiger partial charge in [0.1, 0.15) is 0 Å². The SMILES string of the molecule is Cc1cc(C)c(-c2c3cc(N(C)C)ccc3[n+](-c3ccccc3)c3cccc(C)c23)c(C)c1. The van der Waals surface area contributed by atoms with E-state index in [-0.39, 0.29) is 0 Å². The van der Waals surface area contributed by atoms with E-state index >= 15 is 0 Å². The topological polar surface area (TPSA) is 7.12 Å². The predicted molar refractivity (Wildman–Crippen MR) is 142 cm³/mol. The van der Waals surface area contributed by atoms with Crippen molar-refractivity contribution in [3.63, 3.8) is 0 Å². The van der Waals surface area contributed by atoms with Gasteiger partial charge in [-0.3, -0.25) is 0 Å². The minimum absolute atomic E-state index is 1.18. The Balaban J connectivity index is 2.08. The normalized spacial score (nSPS) is 11.3. The molecule has 0 radical (unpaired) electrons. The fourth-order valence-corrected chi connectivity index (χ4v) is 5.31. The summed E-state index contributed by atoms with van der Waals surface area (Å²) in [6.07, 6.45) is 0. The number of aryl methyl sites for hydroxylation is 4. The Morgan fingerprint density at radius 1 is 0.606 bits per heavy atom. The summed E-state index contributed by atoms with van der Waals surface area (Å²) in [5, 5.41) is 2.60. The van der Waals surface area contributed by atoms with Gasteiger partial charge in [-0.25, -0.2) is 0 Å². The largest absolute Gasteiger partial charge is 0.378 e. The first kappa shape index (κ1) is 21.2. The van der Waals surface area contributed by atoms with Crippen LogP contribution in [0.4, 0.5) is 5.69 Å². The molecule has 4 aromatic carbocycles. The molecule has 2 heteroatoms. The van der Waals surface area contributed by atoms with Crippen LogP contribution in [0.3, 0.4) is 0 Å². The second-order valence-electron chi connectivity index (χ2n) is 9.38. The summed E-state index contributed by atoms with van der Waals surface area (Å²) in [5.41, 5.74) is 12.8. The van der Waals surface area contributed by atoms with Crippen LogP contribution in [-0.4, -0.2) is 14.1 Å². The molecule has 0 saturated carbocycles. The van der Waals surface area contributed by atoms with Crippen LogP contribution in [0, 0.1) is 27.7 Å². The van der Waals surface area contributed by atoms with Crippen molar-refractivity contribution in [1.82, 2.24) is 0 Å². The highest BCUT2D eigenvalue weighted by atomic mass is 15.1. The fourth-order valence-electron chi connectivity index (χ4n) is 5.31. The maximum Gasteiger partial charge on any atom is 0.219 e. The number of rotatable bonds is 3. The number of para-hydroxylation sites is 1. The molecule has 33 heavy (non-hydrogen) atoms. The Morgan fingerprint density at radius 3 is 1.97 bits per heavy atom. The molecule has 5 aromatic rings. The van der Waals surface area contributed by atoms with Crippen molar-refractivity contribution in [3.8, 4) is 16.8 Å². The summed E-state index contributed by atoms with van der Waals surface area (Å²) >= 11 is 0. The molecule has 0 saturated heterocycles. The molecule has 0 aliphatic rings. The van der Waals surface area contributed by atoms with Gasteiger partial charge in [0, 0.05) is 49.6 Å². The molecule has 2 nitrogen and oxygen atoms in total. The molecule has 0 aliphatic carbocycles. The van der Waals surface area contributed by atoms with Gasteiger partial charge in [-0.15, -0.1) is 0 Å². The molecule has 0 N–H and O–H groups in total. The van der Waals surface area contributed by atoms with Crippen LogP contribution in [-0.2, 0) is 0 Å². The van der Waals surface area contributed by atoms with Crippen LogP contribution < -0.4 is 9.47 Å². The van der Waals surface area contributed by atoms with E-state index in [1.807, 2.05) is 0 Å². The lowest BCUT2D eigenvalue weighted by Gasteiger charge is -2.19. The Kier molecular flexibility index (Phi) is 5.17. The average Bonchev–Trinajstić information content (AvgIpc) is 2.78. The van der Waals surface area contributed by atoms with Crippen LogP contribution >= 0.6 is 0 Å². The molecular formula is C31H31N2+. The number of anilines is 1. The Labute approximate surface area is 196 Å². The van der Waals surface area contributed by atoms with Crippen LogP contribution in [0.1, 0.15) is 22.3 Å². The van der Waals surface area contributed by atoms with E-state index < -0.39 is 0 Å². The molecular weight excluding hydrogens is 400 g/mol. The summed E-state index contributed by atoms with van der Waals surface area (Å²) in [4.78, 5) is 2.19. The third-order valence-electron chi connectivity index (χ3n) is 6.69. The van der Waals surface area contributed by atoms with E-state index in [1.54, 1.807) is 0 Å². The lowest BCUT2D eigenvalue weighted by Crippen LogP contribution is -2.33. The standard InChI is InChI=1S/C31H31N2/c1-20-17-22(3)29(23(4)18-20)31-26-19-25(32(5)6)15-16-27(26)33(24-12-8-7-9-13-24)28-14-10-11-21(2)30(28)31/h7-19H,1-6H3/q+1. The van der Waals surface area contributed by atoms with Crippen molar-refractivity contribution in [2.24, 2.45) is 0 Å². The second-order valence-corrected chi connectivity index (χ2v) is 9.38. The van der Waals surface area contributed by atoms with Crippen molar-refractivity contribution in [2.45, 2.75) is 27.7 Å². The molecule has 0 bridgehead atoms. The minimum Gasteiger partial charge on any atom is -0.378 e. The van der Waals surface area contributed by atoms with Gasteiger partial charge in [-0.2, -0.15) is 4.57 Å². The van der Waals surface area contributed by atoms with Gasteiger partial charge in [0.2, 0.25) is 16.7 Å². The van der Waals surface area contributed by atoms with Gasteiger partial charge in [0.15, 0.2) is 0 Å². The first-order valence-electron chi connectivity index (χ1n) is 11.6. The fraction of sp³-hybridized carbons (Fsp3) is 0.194. The molecule has 1 aromatic heterocycles. The summed E-state index contributed by atoms with van der Waals surface area (Å²) < 4.78 is 2.42. The Hall–Kier alpha value is -3.65. The van der Waals surface area contributed by atoms with E-state index in [4.69, 9.17) is 0 Å². The minimum atomic E-state index is 1.18. The zero-order valence-corrected chi connectivity index (χ0v) is 20.4. The molecule has 1 heterocycles. The number of nitrogens with zero attached hydrogens (tertiary/aromatic N) is 2. The van der Waals surface area contributed by atoms with E-state index in [9.17, 15) is 0 Å². The van der Waals surface area contributed by atoms with E-state index in [0.717, 1.165) is 0 Å². The zero-order valence-electron chi connectivity index (χ0n) is 20.4. The number of pyridine rings is 1. The third-order valence-corrected chi connectivity index (χ3v) is 6.69. The summed E-state index contributed by atoms with van der Waals surface area (Å²) in [6.45, 7) is 8.92. The molecule has 5 rings (SSSR count). The smallest absolute Gasteiger partial charge is 0.219 e.